The van der Waals surface area contributed by atoms with Gasteiger partial charge in [0.2, 0.25) is 5.91 Å². The third-order valence-electron chi connectivity index (χ3n) is 3.51. The molecule has 5 nitrogen and oxygen atoms in total. The van der Waals surface area contributed by atoms with Gasteiger partial charge in [0.25, 0.3) is 0 Å². The van der Waals surface area contributed by atoms with E-state index in [4.69, 9.17) is 9.84 Å². The van der Waals surface area contributed by atoms with E-state index in [2.05, 4.69) is 5.32 Å². The third-order valence-corrected chi connectivity index (χ3v) is 3.51. The summed E-state index contributed by atoms with van der Waals surface area (Å²) in [7, 11) is 0. The first-order valence-electron chi connectivity index (χ1n) is 6.80. The molecule has 2 unspecified atom stereocenters. The van der Waals surface area contributed by atoms with Crippen molar-refractivity contribution in [3.8, 4) is 0 Å². The Labute approximate surface area is 117 Å². The number of aromatic carboxylic acids is 1. The zero-order chi connectivity index (χ0) is 14.5. The Morgan fingerprint density at radius 1 is 1.45 bits per heavy atom. The Hall–Kier alpha value is -1.88. The monoisotopic (exact) mass is 277 g/mol. The van der Waals surface area contributed by atoms with Gasteiger partial charge in [-0.25, -0.2) is 4.79 Å². The van der Waals surface area contributed by atoms with Gasteiger partial charge in [0.05, 0.1) is 24.1 Å². The predicted molar refractivity (Wildman–Crippen MR) is 73.7 cm³/mol. The number of carbonyl (C=O) groups excluding carboxylic acids is 1. The summed E-state index contributed by atoms with van der Waals surface area (Å²) in [6.45, 7) is 2.66. The van der Waals surface area contributed by atoms with Crippen LogP contribution in [0.5, 0.6) is 0 Å². The molecule has 1 aromatic carbocycles. The molecule has 108 valence electrons. The highest BCUT2D eigenvalue weighted by molar-refractivity contribution is 5.91. The first kappa shape index (κ1) is 14.5. The molecule has 2 N–H and O–H groups in total. The highest BCUT2D eigenvalue weighted by Gasteiger charge is 2.24. The quantitative estimate of drug-likeness (QED) is 0.857. The van der Waals surface area contributed by atoms with Gasteiger partial charge < -0.3 is 15.2 Å². The number of carbonyl (C=O) groups is 2. The van der Waals surface area contributed by atoms with Gasteiger partial charge in [-0.15, -0.1) is 0 Å². The Morgan fingerprint density at radius 2 is 2.20 bits per heavy atom. The predicted octanol–water partition coefficient (Wildman–Crippen LogP) is 1.61. The maximum atomic E-state index is 12.0. The van der Waals surface area contributed by atoms with Crippen molar-refractivity contribution in [2.24, 2.45) is 0 Å². The fourth-order valence-electron chi connectivity index (χ4n) is 2.45. The van der Waals surface area contributed by atoms with Gasteiger partial charge in [0.15, 0.2) is 0 Å². The van der Waals surface area contributed by atoms with Crippen LogP contribution < -0.4 is 5.32 Å². The van der Waals surface area contributed by atoms with Crippen molar-refractivity contribution in [1.29, 1.82) is 0 Å². The van der Waals surface area contributed by atoms with Gasteiger partial charge in [-0.05, 0) is 31.4 Å². The van der Waals surface area contributed by atoms with Crippen LogP contribution in [-0.2, 0) is 16.0 Å². The number of hydrogen-bond acceptors (Lipinski definition) is 3. The molecule has 1 saturated heterocycles. The summed E-state index contributed by atoms with van der Waals surface area (Å²) in [4.78, 5) is 23.1. The van der Waals surface area contributed by atoms with Crippen LogP contribution in [0.25, 0.3) is 0 Å². The van der Waals surface area contributed by atoms with Gasteiger partial charge in [0, 0.05) is 6.61 Å². The summed E-state index contributed by atoms with van der Waals surface area (Å²) in [5, 5.41) is 12.0. The first-order chi connectivity index (χ1) is 9.58. The lowest BCUT2D eigenvalue weighted by Gasteiger charge is -2.20. The SMILES string of the molecule is CC(NC(=O)Cc1ccccc1C(=O)O)C1CCCO1. The molecule has 1 aliphatic rings. The van der Waals surface area contributed by atoms with E-state index in [0.717, 1.165) is 19.4 Å². The molecule has 1 aliphatic heterocycles. The zero-order valence-electron chi connectivity index (χ0n) is 11.5. The second-order valence-corrected chi connectivity index (χ2v) is 5.05. The normalized spacial score (nSPS) is 19.6. The van der Waals surface area contributed by atoms with E-state index in [-0.39, 0.29) is 30.0 Å². The van der Waals surface area contributed by atoms with Gasteiger partial charge in [-0.1, -0.05) is 18.2 Å². The molecule has 0 spiro atoms. The molecule has 1 heterocycles. The van der Waals surface area contributed by atoms with Gasteiger partial charge in [-0.3, -0.25) is 4.79 Å². The van der Waals surface area contributed by atoms with E-state index in [1.165, 1.54) is 6.07 Å². The summed E-state index contributed by atoms with van der Waals surface area (Å²) >= 11 is 0. The number of hydrogen-bond donors (Lipinski definition) is 2. The van der Waals surface area contributed by atoms with Crippen molar-refractivity contribution in [2.45, 2.75) is 38.3 Å². The summed E-state index contributed by atoms with van der Waals surface area (Å²) in [6.07, 6.45) is 2.10. The van der Waals surface area contributed by atoms with Crippen LogP contribution in [0.4, 0.5) is 0 Å². The standard InChI is InChI=1S/C15H19NO4/c1-10(13-7-4-8-20-13)16-14(17)9-11-5-2-3-6-12(11)15(18)19/h2-3,5-6,10,13H,4,7-9H2,1H3,(H,16,17)(H,18,19). The van der Waals surface area contributed by atoms with E-state index in [0.29, 0.717) is 5.56 Å². The van der Waals surface area contributed by atoms with Gasteiger partial charge in [-0.2, -0.15) is 0 Å². The molecule has 2 rings (SSSR count). The number of carboxylic acid groups (broad SMARTS) is 1. The smallest absolute Gasteiger partial charge is 0.335 e. The highest BCUT2D eigenvalue weighted by atomic mass is 16.5. The number of carboxylic acids is 1. The van der Waals surface area contributed by atoms with E-state index >= 15 is 0 Å². The molecule has 0 aliphatic carbocycles. The summed E-state index contributed by atoms with van der Waals surface area (Å²) in [5.74, 6) is -1.19. The maximum Gasteiger partial charge on any atom is 0.335 e. The summed E-state index contributed by atoms with van der Waals surface area (Å²) in [6, 6.07) is 6.51. The van der Waals surface area contributed by atoms with Crippen molar-refractivity contribution in [2.75, 3.05) is 6.61 Å². The van der Waals surface area contributed by atoms with Gasteiger partial charge in [0.1, 0.15) is 0 Å². The molecule has 5 heteroatoms. The molecular formula is C15H19NO4. The molecular weight excluding hydrogens is 258 g/mol. The second-order valence-electron chi connectivity index (χ2n) is 5.05. The Bertz CT molecular complexity index is 494. The first-order valence-corrected chi connectivity index (χ1v) is 6.80. The summed E-state index contributed by atoms with van der Waals surface area (Å²) < 4.78 is 5.52. The van der Waals surface area contributed by atoms with Crippen molar-refractivity contribution in [3.05, 3.63) is 35.4 Å². The molecule has 1 aromatic rings. The minimum atomic E-state index is -1.01. The van der Waals surface area contributed by atoms with Crippen LogP contribution in [0.2, 0.25) is 0 Å². The number of ether oxygens (including phenoxy) is 1. The van der Waals surface area contributed by atoms with E-state index in [1.807, 2.05) is 6.92 Å². The molecule has 0 saturated carbocycles. The maximum absolute atomic E-state index is 12.0. The highest BCUT2D eigenvalue weighted by Crippen LogP contribution is 2.16. The van der Waals surface area contributed by atoms with Crippen LogP contribution in [0.1, 0.15) is 35.7 Å². The Morgan fingerprint density at radius 3 is 2.85 bits per heavy atom. The van der Waals surface area contributed by atoms with Crippen molar-refractivity contribution in [3.63, 3.8) is 0 Å². The fourth-order valence-corrected chi connectivity index (χ4v) is 2.45. The van der Waals surface area contributed by atoms with Crippen LogP contribution >= 0.6 is 0 Å². The van der Waals surface area contributed by atoms with E-state index in [9.17, 15) is 9.59 Å². The van der Waals surface area contributed by atoms with Crippen LogP contribution in [0.15, 0.2) is 24.3 Å². The minimum Gasteiger partial charge on any atom is -0.478 e. The molecule has 0 radical (unpaired) electrons. The Kier molecular flexibility index (Phi) is 4.74. The topological polar surface area (TPSA) is 75.6 Å². The van der Waals surface area contributed by atoms with Crippen LogP contribution in [0.3, 0.4) is 0 Å². The lowest BCUT2D eigenvalue weighted by Crippen LogP contribution is -2.41. The van der Waals surface area contributed by atoms with E-state index in [1.54, 1.807) is 18.2 Å². The minimum absolute atomic E-state index is 0.0537. The average molecular weight is 277 g/mol. The number of amides is 1. The van der Waals surface area contributed by atoms with Crippen molar-refractivity contribution >= 4 is 11.9 Å². The van der Waals surface area contributed by atoms with Crippen LogP contribution in [-0.4, -0.2) is 35.7 Å². The summed E-state index contributed by atoms with van der Waals surface area (Å²) in [5.41, 5.74) is 0.699. The average Bonchev–Trinajstić information content (AvgIpc) is 2.92. The Balaban J connectivity index is 1.96. The van der Waals surface area contributed by atoms with Crippen LogP contribution in [0, 0.1) is 0 Å². The third kappa shape index (κ3) is 3.57. The molecule has 1 amide bonds. The number of rotatable bonds is 5. The van der Waals surface area contributed by atoms with Gasteiger partial charge >= 0.3 is 5.97 Å². The lowest BCUT2D eigenvalue weighted by molar-refractivity contribution is -0.121. The molecule has 20 heavy (non-hydrogen) atoms. The van der Waals surface area contributed by atoms with E-state index < -0.39 is 5.97 Å². The fraction of sp³-hybridized carbons (Fsp3) is 0.467. The largest absolute Gasteiger partial charge is 0.478 e. The second kappa shape index (κ2) is 6.52. The molecule has 0 bridgehead atoms. The van der Waals surface area contributed by atoms with Crippen molar-refractivity contribution in [1.82, 2.24) is 5.32 Å². The molecule has 1 fully saturated rings. The molecule has 0 aromatic heterocycles. The number of benzene rings is 1. The van der Waals surface area contributed by atoms with Crippen molar-refractivity contribution < 1.29 is 19.4 Å². The molecule has 2 atom stereocenters. The number of nitrogens with one attached hydrogen (secondary N) is 1. The lowest BCUT2D eigenvalue weighted by atomic mass is 10.0. The zero-order valence-corrected chi connectivity index (χ0v) is 11.5.